The summed E-state index contributed by atoms with van der Waals surface area (Å²) in [5.74, 6) is 0. The smallest absolute Gasteiger partial charge is 0.102 e. The summed E-state index contributed by atoms with van der Waals surface area (Å²) in [5, 5.41) is 9.80. The van der Waals surface area contributed by atoms with Crippen LogP contribution >= 0.6 is 0 Å². The van der Waals surface area contributed by atoms with Crippen molar-refractivity contribution in [2.24, 2.45) is 0 Å². The van der Waals surface area contributed by atoms with E-state index in [0.29, 0.717) is 0 Å². The number of hydrogen-bond acceptors (Lipinski definition) is 2. The first-order valence-corrected chi connectivity index (χ1v) is 8.77. The van der Waals surface area contributed by atoms with Gasteiger partial charge < -0.3 is 4.90 Å². The summed E-state index contributed by atoms with van der Waals surface area (Å²) in [5.41, 5.74) is 7.47. The van der Waals surface area contributed by atoms with Crippen molar-refractivity contribution < 1.29 is 0 Å². The maximum absolute atomic E-state index is 9.80. The quantitative estimate of drug-likeness (QED) is 0.803. The van der Waals surface area contributed by atoms with Crippen LogP contribution in [-0.4, -0.2) is 13.1 Å². The zero-order valence-corrected chi connectivity index (χ0v) is 13.5. The van der Waals surface area contributed by atoms with E-state index in [0.717, 1.165) is 31.5 Å². The molecule has 1 aliphatic carbocycles. The molecule has 2 heteroatoms. The maximum atomic E-state index is 9.80. The highest BCUT2D eigenvalue weighted by Crippen LogP contribution is 2.40. The van der Waals surface area contributed by atoms with Crippen molar-refractivity contribution in [2.45, 2.75) is 38.5 Å². The Labute approximate surface area is 138 Å². The Kier molecular flexibility index (Phi) is 3.79. The predicted octanol–water partition coefficient (Wildman–Crippen LogP) is 4.70. The third kappa shape index (κ3) is 2.51. The molecule has 2 aromatic carbocycles. The molecule has 116 valence electrons. The van der Waals surface area contributed by atoms with Crippen molar-refractivity contribution in [3.8, 4) is 17.2 Å². The third-order valence-corrected chi connectivity index (χ3v) is 5.28. The molecule has 0 amide bonds. The number of benzene rings is 2. The topological polar surface area (TPSA) is 27.0 Å². The first-order chi connectivity index (χ1) is 11.4. The molecule has 0 aromatic heterocycles. The fourth-order valence-electron chi connectivity index (χ4n) is 4.15. The minimum absolute atomic E-state index is 0.944. The average Bonchev–Trinajstić information content (AvgIpc) is 3.11. The minimum atomic E-state index is 0.944. The Morgan fingerprint density at radius 2 is 1.61 bits per heavy atom. The van der Waals surface area contributed by atoms with Gasteiger partial charge in [-0.1, -0.05) is 30.3 Å². The fourth-order valence-corrected chi connectivity index (χ4v) is 4.15. The lowest BCUT2D eigenvalue weighted by atomic mass is 9.91. The Morgan fingerprint density at radius 3 is 2.35 bits per heavy atom. The van der Waals surface area contributed by atoms with Gasteiger partial charge in [-0.25, -0.2) is 0 Å². The predicted molar refractivity (Wildman–Crippen MR) is 94.7 cm³/mol. The van der Waals surface area contributed by atoms with Gasteiger partial charge in [0.1, 0.15) is 6.07 Å². The minimum Gasteiger partial charge on any atom is -0.370 e. The number of nitriles is 1. The van der Waals surface area contributed by atoms with Gasteiger partial charge in [0, 0.05) is 13.1 Å². The van der Waals surface area contributed by atoms with Crippen molar-refractivity contribution in [3.63, 3.8) is 0 Å². The maximum Gasteiger partial charge on any atom is 0.102 e. The molecule has 2 aromatic rings. The molecule has 0 N–H and O–H groups in total. The number of rotatable bonds is 2. The Morgan fingerprint density at radius 1 is 0.870 bits per heavy atom. The molecular formula is C21H22N2. The standard InChI is InChI=1S/C21H22N2/c22-15-20-18-11-7-10-17(18)19(16-8-3-1-4-9-16)14-21(20)23-12-5-2-6-13-23/h1,3-4,8-9,14H,2,5-7,10-13H2. The summed E-state index contributed by atoms with van der Waals surface area (Å²) in [6, 6.07) is 15.5. The second-order valence-corrected chi connectivity index (χ2v) is 6.65. The second-order valence-electron chi connectivity index (χ2n) is 6.65. The molecule has 0 radical (unpaired) electrons. The van der Waals surface area contributed by atoms with Gasteiger partial charge in [-0.05, 0) is 66.8 Å². The van der Waals surface area contributed by atoms with Crippen LogP contribution in [0.4, 0.5) is 5.69 Å². The lowest BCUT2D eigenvalue weighted by Gasteiger charge is -2.31. The Bertz CT molecular complexity index is 750. The molecule has 1 saturated heterocycles. The van der Waals surface area contributed by atoms with Gasteiger partial charge in [-0.15, -0.1) is 0 Å². The molecule has 0 unspecified atom stereocenters. The molecule has 0 bridgehead atoms. The van der Waals surface area contributed by atoms with Crippen molar-refractivity contribution >= 4 is 5.69 Å². The molecule has 23 heavy (non-hydrogen) atoms. The zero-order valence-electron chi connectivity index (χ0n) is 13.5. The summed E-state index contributed by atoms with van der Waals surface area (Å²) in [7, 11) is 0. The second kappa shape index (κ2) is 6.08. The van der Waals surface area contributed by atoms with Gasteiger partial charge in [-0.2, -0.15) is 5.26 Å². The van der Waals surface area contributed by atoms with E-state index in [1.807, 2.05) is 0 Å². The van der Waals surface area contributed by atoms with Gasteiger partial charge in [0.05, 0.1) is 11.3 Å². The fraction of sp³-hybridized carbons (Fsp3) is 0.381. The van der Waals surface area contributed by atoms with Crippen LogP contribution in [0, 0.1) is 11.3 Å². The van der Waals surface area contributed by atoms with Crippen LogP contribution < -0.4 is 4.90 Å². The summed E-state index contributed by atoms with van der Waals surface area (Å²) in [6.07, 6.45) is 7.13. The van der Waals surface area contributed by atoms with E-state index in [1.165, 1.54) is 53.6 Å². The van der Waals surface area contributed by atoms with Gasteiger partial charge in [0.25, 0.3) is 0 Å². The normalized spacial score (nSPS) is 16.9. The van der Waals surface area contributed by atoms with E-state index in [1.54, 1.807) is 0 Å². The zero-order chi connectivity index (χ0) is 15.6. The lowest BCUT2D eigenvalue weighted by molar-refractivity contribution is 0.577. The molecule has 1 fully saturated rings. The van der Waals surface area contributed by atoms with Crippen molar-refractivity contribution in [1.82, 2.24) is 0 Å². The highest BCUT2D eigenvalue weighted by molar-refractivity contribution is 5.79. The summed E-state index contributed by atoms with van der Waals surface area (Å²) in [4.78, 5) is 2.44. The first kappa shape index (κ1) is 14.3. The van der Waals surface area contributed by atoms with Gasteiger partial charge >= 0.3 is 0 Å². The van der Waals surface area contributed by atoms with E-state index in [4.69, 9.17) is 0 Å². The highest BCUT2D eigenvalue weighted by atomic mass is 15.1. The SMILES string of the molecule is N#Cc1c(N2CCCCC2)cc(-c2ccccc2)c2c1CCC2. The van der Waals surface area contributed by atoms with Crippen LogP contribution in [-0.2, 0) is 12.8 Å². The number of hydrogen-bond donors (Lipinski definition) is 0. The molecule has 2 aliphatic rings. The Hall–Kier alpha value is -2.27. The van der Waals surface area contributed by atoms with Crippen LogP contribution in [0.1, 0.15) is 42.4 Å². The molecule has 1 aliphatic heterocycles. The van der Waals surface area contributed by atoms with E-state index >= 15 is 0 Å². The molecule has 1 heterocycles. The molecule has 4 rings (SSSR count). The lowest BCUT2D eigenvalue weighted by Crippen LogP contribution is -2.30. The van der Waals surface area contributed by atoms with Crippen molar-refractivity contribution in [1.29, 1.82) is 5.26 Å². The van der Waals surface area contributed by atoms with E-state index in [9.17, 15) is 5.26 Å². The van der Waals surface area contributed by atoms with E-state index in [-0.39, 0.29) is 0 Å². The van der Waals surface area contributed by atoms with Crippen molar-refractivity contribution in [2.75, 3.05) is 18.0 Å². The van der Waals surface area contributed by atoms with E-state index in [2.05, 4.69) is 47.4 Å². The largest absolute Gasteiger partial charge is 0.370 e. The first-order valence-electron chi connectivity index (χ1n) is 8.77. The monoisotopic (exact) mass is 302 g/mol. The van der Waals surface area contributed by atoms with Crippen LogP contribution in [0.25, 0.3) is 11.1 Å². The van der Waals surface area contributed by atoms with Crippen LogP contribution in [0.2, 0.25) is 0 Å². The van der Waals surface area contributed by atoms with Gasteiger partial charge in [0.15, 0.2) is 0 Å². The average molecular weight is 302 g/mol. The number of anilines is 1. The number of fused-ring (bicyclic) bond motifs is 1. The highest BCUT2D eigenvalue weighted by Gasteiger charge is 2.25. The Balaban J connectivity index is 1.90. The van der Waals surface area contributed by atoms with Gasteiger partial charge in [-0.3, -0.25) is 0 Å². The van der Waals surface area contributed by atoms with Crippen LogP contribution in [0.15, 0.2) is 36.4 Å². The molecule has 0 saturated carbocycles. The van der Waals surface area contributed by atoms with Crippen LogP contribution in [0.5, 0.6) is 0 Å². The summed E-state index contributed by atoms with van der Waals surface area (Å²) >= 11 is 0. The summed E-state index contributed by atoms with van der Waals surface area (Å²) in [6.45, 7) is 2.17. The number of piperidine rings is 1. The summed E-state index contributed by atoms with van der Waals surface area (Å²) < 4.78 is 0. The molecule has 0 spiro atoms. The third-order valence-electron chi connectivity index (χ3n) is 5.28. The molecule has 0 atom stereocenters. The van der Waals surface area contributed by atoms with Crippen LogP contribution in [0.3, 0.4) is 0 Å². The molecule has 2 nitrogen and oxygen atoms in total. The van der Waals surface area contributed by atoms with Gasteiger partial charge in [0.2, 0.25) is 0 Å². The van der Waals surface area contributed by atoms with Crippen molar-refractivity contribution in [3.05, 3.63) is 53.1 Å². The number of nitrogens with zero attached hydrogens (tertiary/aromatic N) is 2. The van der Waals surface area contributed by atoms with E-state index < -0.39 is 0 Å². The molecular weight excluding hydrogens is 280 g/mol.